The zero-order valence-electron chi connectivity index (χ0n) is 6.58. The summed E-state index contributed by atoms with van der Waals surface area (Å²) in [6.45, 7) is 0. The number of hydrogen-bond acceptors (Lipinski definition) is 2. The molecule has 1 aliphatic carbocycles. The van der Waals surface area contributed by atoms with Gasteiger partial charge in [-0.05, 0) is 19.3 Å². The monoisotopic (exact) mass is 148 g/mol. The Hall–Kier alpha value is -1.02. The van der Waals surface area contributed by atoms with Crippen LogP contribution in [0.3, 0.4) is 0 Å². The summed E-state index contributed by atoms with van der Waals surface area (Å²) < 4.78 is 0. The molecular formula is C9H12N2. The Balaban J connectivity index is 2.49. The van der Waals surface area contributed by atoms with Crippen molar-refractivity contribution in [2.45, 2.75) is 32.1 Å². The van der Waals surface area contributed by atoms with Gasteiger partial charge in [0.05, 0.1) is 12.1 Å². The number of hydrogen-bond donors (Lipinski definition) is 0. The first-order valence-electron chi connectivity index (χ1n) is 4.16. The standard InChI is InChI=1S/C9H12N2/c10-6-8-3-1-2-4-9(5-8)7-11/h8-9H,1-5H2. The van der Waals surface area contributed by atoms with E-state index in [0.29, 0.717) is 0 Å². The van der Waals surface area contributed by atoms with Crippen LogP contribution in [0.25, 0.3) is 0 Å². The maximum atomic E-state index is 8.67. The van der Waals surface area contributed by atoms with Crippen LogP contribution in [0.4, 0.5) is 0 Å². The summed E-state index contributed by atoms with van der Waals surface area (Å²) in [7, 11) is 0. The molecule has 0 aromatic rings. The van der Waals surface area contributed by atoms with Gasteiger partial charge in [0.25, 0.3) is 0 Å². The summed E-state index contributed by atoms with van der Waals surface area (Å²) in [6, 6.07) is 4.51. The Labute approximate surface area is 67.4 Å². The van der Waals surface area contributed by atoms with Gasteiger partial charge in [-0.25, -0.2) is 0 Å². The van der Waals surface area contributed by atoms with Crippen LogP contribution in [0.5, 0.6) is 0 Å². The Morgan fingerprint density at radius 3 is 1.73 bits per heavy atom. The highest BCUT2D eigenvalue weighted by molar-refractivity contribution is 4.93. The fraction of sp³-hybridized carbons (Fsp3) is 0.778. The van der Waals surface area contributed by atoms with Crippen molar-refractivity contribution in [2.24, 2.45) is 11.8 Å². The van der Waals surface area contributed by atoms with E-state index in [9.17, 15) is 0 Å². The molecule has 0 amide bonds. The second-order valence-electron chi connectivity index (χ2n) is 3.17. The van der Waals surface area contributed by atoms with Crippen molar-refractivity contribution in [3.8, 4) is 12.1 Å². The maximum absolute atomic E-state index is 8.67. The van der Waals surface area contributed by atoms with Gasteiger partial charge in [0, 0.05) is 11.8 Å². The molecular weight excluding hydrogens is 136 g/mol. The molecule has 2 atom stereocenters. The molecule has 1 aliphatic rings. The van der Waals surface area contributed by atoms with E-state index in [2.05, 4.69) is 12.1 Å². The number of rotatable bonds is 0. The Bertz CT molecular complexity index is 175. The van der Waals surface area contributed by atoms with Gasteiger partial charge in [0.2, 0.25) is 0 Å². The van der Waals surface area contributed by atoms with Crippen molar-refractivity contribution < 1.29 is 0 Å². The lowest BCUT2D eigenvalue weighted by Crippen LogP contribution is -2.01. The first-order valence-corrected chi connectivity index (χ1v) is 4.16. The smallest absolute Gasteiger partial charge is 0.0656 e. The molecule has 58 valence electrons. The predicted octanol–water partition coefficient (Wildman–Crippen LogP) is 2.23. The number of nitrogens with zero attached hydrogens (tertiary/aromatic N) is 2. The number of nitriles is 2. The van der Waals surface area contributed by atoms with E-state index >= 15 is 0 Å². The summed E-state index contributed by atoms with van der Waals surface area (Å²) >= 11 is 0. The van der Waals surface area contributed by atoms with Gasteiger partial charge in [-0.3, -0.25) is 0 Å². The summed E-state index contributed by atoms with van der Waals surface area (Å²) in [5, 5.41) is 17.3. The Morgan fingerprint density at radius 1 is 0.909 bits per heavy atom. The van der Waals surface area contributed by atoms with Crippen molar-refractivity contribution in [1.82, 2.24) is 0 Å². The van der Waals surface area contributed by atoms with Crippen molar-refractivity contribution in [3.63, 3.8) is 0 Å². The molecule has 11 heavy (non-hydrogen) atoms. The van der Waals surface area contributed by atoms with Gasteiger partial charge in [-0.1, -0.05) is 12.8 Å². The van der Waals surface area contributed by atoms with Gasteiger partial charge in [-0.2, -0.15) is 10.5 Å². The normalized spacial score (nSPS) is 31.5. The molecule has 2 nitrogen and oxygen atoms in total. The average Bonchev–Trinajstić information content (AvgIpc) is 2.28. The van der Waals surface area contributed by atoms with E-state index < -0.39 is 0 Å². The molecule has 0 N–H and O–H groups in total. The molecule has 0 saturated heterocycles. The summed E-state index contributed by atoms with van der Waals surface area (Å²) in [6.07, 6.45) is 5.03. The van der Waals surface area contributed by atoms with Crippen molar-refractivity contribution in [3.05, 3.63) is 0 Å². The molecule has 2 heteroatoms. The lowest BCUT2D eigenvalue weighted by Gasteiger charge is -2.05. The van der Waals surface area contributed by atoms with Crippen LogP contribution < -0.4 is 0 Å². The predicted molar refractivity (Wildman–Crippen MR) is 41.3 cm³/mol. The SMILES string of the molecule is N#CC1CCCCC(C#N)C1. The van der Waals surface area contributed by atoms with Gasteiger partial charge < -0.3 is 0 Å². The van der Waals surface area contributed by atoms with Crippen molar-refractivity contribution >= 4 is 0 Å². The van der Waals surface area contributed by atoms with Crippen LogP contribution in [0.15, 0.2) is 0 Å². The minimum absolute atomic E-state index is 0.141. The molecule has 1 saturated carbocycles. The van der Waals surface area contributed by atoms with Crippen LogP contribution >= 0.6 is 0 Å². The van der Waals surface area contributed by atoms with Crippen molar-refractivity contribution in [2.75, 3.05) is 0 Å². The third-order valence-electron chi connectivity index (χ3n) is 2.29. The van der Waals surface area contributed by atoms with E-state index in [4.69, 9.17) is 10.5 Å². The molecule has 0 aliphatic heterocycles. The quantitative estimate of drug-likeness (QED) is 0.494. The van der Waals surface area contributed by atoms with Crippen LogP contribution in [-0.2, 0) is 0 Å². The lowest BCUT2D eigenvalue weighted by molar-refractivity contribution is 0.508. The molecule has 0 aromatic carbocycles. The van der Waals surface area contributed by atoms with Crippen LogP contribution in [0.2, 0.25) is 0 Å². The van der Waals surface area contributed by atoms with E-state index in [1.54, 1.807) is 0 Å². The molecule has 0 aromatic heterocycles. The van der Waals surface area contributed by atoms with E-state index in [-0.39, 0.29) is 11.8 Å². The summed E-state index contributed by atoms with van der Waals surface area (Å²) in [5.74, 6) is 0.282. The topological polar surface area (TPSA) is 47.6 Å². The highest BCUT2D eigenvalue weighted by Crippen LogP contribution is 2.26. The van der Waals surface area contributed by atoms with Crippen LogP contribution in [-0.4, -0.2) is 0 Å². The Morgan fingerprint density at radius 2 is 1.36 bits per heavy atom. The zero-order chi connectivity index (χ0) is 8.10. The van der Waals surface area contributed by atoms with Gasteiger partial charge in [0.1, 0.15) is 0 Å². The lowest BCUT2D eigenvalue weighted by atomic mass is 9.96. The van der Waals surface area contributed by atoms with Crippen LogP contribution in [0, 0.1) is 34.5 Å². The molecule has 1 rings (SSSR count). The largest absolute Gasteiger partial charge is 0.198 e. The fourth-order valence-electron chi connectivity index (χ4n) is 1.60. The second kappa shape index (κ2) is 3.98. The molecule has 0 bridgehead atoms. The minimum Gasteiger partial charge on any atom is -0.198 e. The van der Waals surface area contributed by atoms with E-state index in [0.717, 1.165) is 32.1 Å². The minimum atomic E-state index is 0.141. The molecule has 0 heterocycles. The highest BCUT2D eigenvalue weighted by Gasteiger charge is 2.18. The van der Waals surface area contributed by atoms with Gasteiger partial charge in [0.15, 0.2) is 0 Å². The Kier molecular flexibility index (Phi) is 2.93. The average molecular weight is 148 g/mol. The molecule has 1 fully saturated rings. The summed E-state index contributed by atoms with van der Waals surface area (Å²) in [4.78, 5) is 0. The van der Waals surface area contributed by atoms with E-state index in [1.165, 1.54) is 0 Å². The second-order valence-corrected chi connectivity index (χ2v) is 3.17. The highest BCUT2D eigenvalue weighted by atomic mass is 14.3. The van der Waals surface area contributed by atoms with Gasteiger partial charge >= 0.3 is 0 Å². The first-order chi connectivity index (χ1) is 5.36. The first kappa shape index (κ1) is 8.08. The molecule has 0 spiro atoms. The third kappa shape index (κ3) is 2.24. The third-order valence-corrected chi connectivity index (χ3v) is 2.29. The van der Waals surface area contributed by atoms with E-state index in [1.807, 2.05) is 0 Å². The molecule has 0 radical (unpaired) electrons. The maximum Gasteiger partial charge on any atom is 0.0656 e. The summed E-state index contributed by atoms with van der Waals surface area (Å²) in [5.41, 5.74) is 0. The fourth-order valence-corrected chi connectivity index (χ4v) is 1.60. The molecule has 2 unspecified atom stereocenters. The van der Waals surface area contributed by atoms with Crippen LogP contribution in [0.1, 0.15) is 32.1 Å². The zero-order valence-corrected chi connectivity index (χ0v) is 6.58. The van der Waals surface area contributed by atoms with Crippen molar-refractivity contribution in [1.29, 1.82) is 10.5 Å². The van der Waals surface area contributed by atoms with Gasteiger partial charge in [-0.15, -0.1) is 0 Å².